The average Bonchev–Trinajstić information content (AvgIpc) is 2.80. The van der Waals surface area contributed by atoms with Crippen LogP contribution in [-0.2, 0) is 4.79 Å². The number of hydrogen-bond acceptors (Lipinski definition) is 2. The molecule has 3 heteroatoms. The van der Waals surface area contributed by atoms with Gasteiger partial charge in [0.15, 0.2) is 0 Å². The van der Waals surface area contributed by atoms with Gasteiger partial charge in [-0.05, 0) is 25.3 Å². The summed E-state index contributed by atoms with van der Waals surface area (Å²) in [6.45, 7) is 7.25. The fraction of sp³-hybridized carbons (Fsp3) is 0.611. The maximum atomic E-state index is 12.5. The van der Waals surface area contributed by atoms with Gasteiger partial charge >= 0.3 is 0 Å². The van der Waals surface area contributed by atoms with Crippen LogP contribution in [0.3, 0.4) is 0 Å². The van der Waals surface area contributed by atoms with Gasteiger partial charge in [-0.1, -0.05) is 62.9 Å². The molecular formula is C18H28N2O. The van der Waals surface area contributed by atoms with E-state index in [4.69, 9.17) is 0 Å². The predicted octanol–water partition coefficient (Wildman–Crippen LogP) is 3.78. The number of amides is 1. The van der Waals surface area contributed by atoms with Gasteiger partial charge in [-0.3, -0.25) is 10.1 Å². The summed E-state index contributed by atoms with van der Waals surface area (Å²) in [5.74, 6) is 0.264. The summed E-state index contributed by atoms with van der Waals surface area (Å²) in [6.07, 6.45) is 5.68. The molecule has 1 fully saturated rings. The minimum atomic E-state index is -0.0262. The van der Waals surface area contributed by atoms with Gasteiger partial charge in [0.25, 0.3) is 0 Å². The van der Waals surface area contributed by atoms with Crippen LogP contribution in [0.15, 0.2) is 24.3 Å². The molecule has 1 N–H and O–H groups in total. The molecule has 116 valence electrons. The smallest absolute Gasteiger partial charge is 0.241 e. The Morgan fingerprint density at radius 3 is 2.67 bits per heavy atom. The van der Waals surface area contributed by atoms with Gasteiger partial charge < -0.3 is 4.90 Å². The number of nitrogens with zero attached hydrogens (tertiary/aromatic N) is 1. The van der Waals surface area contributed by atoms with E-state index in [1.54, 1.807) is 0 Å². The molecule has 0 spiro atoms. The summed E-state index contributed by atoms with van der Waals surface area (Å²) in [7, 11) is 0. The van der Waals surface area contributed by atoms with Crippen molar-refractivity contribution in [2.45, 2.75) is 65.1 Å². The van der Waals surface area contributed by atoms with E-state index in [2.05, 4.69) is 50.4 Å². The third-order valence-electron chi connectivity index (χ3n) is 4.27. The van der Waals surface area contributed by atoms with Gasteiger partial charge in [0, 0.05) is 6.54 Å². The molecule has 2 atom stereocenters. The van der Waals surface area contributed by atoms with Crippen molar-refractivity contribution in [3.05, 3.63) is 35.4 Å². The number of benzene rings is 1. The molecule has 0 radical (unpaired) electrons. The van der Waals surface area contributed by atoms with Gasteiger partial charge in [-0.25, -0.2) is 0 Å². The lowest BCUT2D eigenvalue weighted by Gasteiger charge is -2.25. The molecule has 0 saturated carbocycles. The molecule has 1 heterocycles. The number of nitrogens with one attached hydrogen (secondary N) is 1. The lowest BCUT2D eigenvalue weighted by atomic mass is 10.1. The maximum Gasteiger partial charge on any atom is 0.241 e. The van der Waals surface area contributed by atoms with Gasteiger partial charge in [-0.15, -0.1) is 0 Å². The zero-order chi connectivity index (χ0) is 15.2. The zero-order valence-electron chi connectivity index (χ0n) is 13.6. The Balaban J connectivity index is 2.10. The van der Waals surface area contributed by atoms with Crippen molar-refractivity contribution in [1.29, 1.82) is 0 Å². The van der Waals surface area contributed by atoms with Crippen LogP contribution in [0.1, 0.15) is 63.2 Å². The quantitative estimate of drug-likeness (QED) is 0.774. The Morgan fingerprint density at radius 1 is 1.19 bits per heavy atom. The molecule has 1 aromatic rings. The Hall–Kier alpha value is -1.35. The van der Waals surface area contributed by atoms with Gasteiger partial charge in [0.05, 0.1) is 6.04 Å². The van der Waals surface area contributed by atoms with Gasteiger partial charge in [0.1, 0.15) is 6.17 Å². The summed E-state index contributed by atoms with van der Waals surface area (Å²) in [4.78, 5) is 14.6. The normalized spacial score (nSPS) is 22.0. The molecule has 0 aromatic heterocycles. The van der Waals surface area contributed by atoms with Crippen LogP contribution in [-0.4, -0.2) is 23.4 Å². The number of carbonyl (C=O) groups is 1. The van der Waals surface area contributed by atoms with Crippen molar-refractivity contribution in [2.75, 3.05) is 6.54 Å². The highest BCUT2D eigenvalue weighted by molar-refractivity contribution is 5.84. The fourth-order valence-electron chi connectivity index (χ4n) is 3.04. The molecule has 0 bridgehead atoms. The standard InChI is InChI=1S/C18H28N2O/c1-4-6-7-8-12-20-17(19-16(5-2)18(20)21)15-11-9-10-14(3)13-15/h9-11,13,16-17,19H,4-8,12H2,1-3H3. The van der Waals surface area contributed by atoms with Crippen LogP contribution in [0, 0.1) is 6.92 Å². The highest BCUT2D eigenvalue weighted by atomic mass is 16.2. The topological polar surface area (TPSA) is 32.3 Å². The Labute approximate surface area is 128 Å². The molecular weight excluding hydrogens is 260 g/mol. The summed E-state index contributed by atoms with van der Waals surface area (Å²) >= 11 is 0. The van der Waals surface area contributed by atoms with Crippen molar-refractivity contribution < 1.29 is 4.79 Å². The first-order valence-electron chi connectivity index (χ1n) is 8.30. The second-order valence-electron chi connectivity index (χ2n) is 6.04. The molecule has 2 rings (SSSR count). The Morgan fingerprint density at radius 2 is 2.00 bits per heavy atom. The van der Waals surface area contributed by atoms with Crippen molar-refractivity contribution in [3.63, 3.8) is 0 Å². The number of carbonyl (C=O) groups excluding carboxylic acids is 1. The first kappa shape index (κ1) is 16.0. The monoisotopic (exact) mass is 288 g/mol. The van der Waals surface area contributed by atoms with Gasteiger partial charge in [-0.2, -0.15) is 0 Å². The van der Waals surface area contributed by atoms with E-state index in [1.807, 2.05) is 4.90 Å². The highest BCUT2D eigenvalue weighted by Crippen LogP contribution is 2.27. The molecule has 2 unspecified atom stereocenters. The summed E-state index contributed by atoms with van der Waals surface area (Å²) in [5, 5.41) is 3.50. The second-order valence-corrected chi connectivity index (χ2v) is 6.04. The van der Waals surface area contributed by atoms with Crippen molar-refractivity contribution in [1.82, 2.24) is 10.2 Å². The van der Waals surface area contributed by atoms with Crippen LogP contribution in [0.5, 0.6) is 0 Å². The molecule has 1 aliphatic rings. The summed E-state index contributed by atoms with van der Waals surface area (Å²) in [6, 6.07) is 8.45. The van der Waals surface area contributed by atoms with E-state index in [0.29, 0.717) is 0 Å². The molecule has 0 aliphatic carbocycles. The third kappa shape index (κ3) is 3.85. The molecule has 3 nitrogen and oxygen atoms in total. The van der Waals surface area contributed by atoms with E-state index in [-0.39, 0.29) is 18.1 Å². The van der Waals surface area contributed by atoms with E-state index >= 15 is 0 Å². The van der Waals surface area contributed by atoms with Crippen LogP contribution in [0.4, 0.5) is 0 Å². The van der Waals surface area contributed by atoms with Crippen LogP contribution in [0.25, 0.3) is 0 Å². The Kier molecular flexibility index (Phi) is 5.80. The highest BCUT2D eigenvalue weighted by Gasteiger charge is 2.37. The van der Waals surface area contributed by atoms with Gasteiger partial charge in [0.2, 0.25) is 5.91 Å². The van der Waals surface area contributed by atoms with E-state index in [1.165, 1.54) is 30.4 Å². The van der Waals surface area contributed by atoms with Crippen molar-refractivity contribution in [2.24, 2.45) is 0 Å². The minimum Gasteiger partial charge on any atom is -0.322 e. The molecule has 1 aliphatic heterocycles. The first-order valence-corrected chi connectivity index (χ1v) is 8.30. The summed E-state index contributed by atoms with van der Waals surface area (Å²) in [5.41, 5.74) is 2.45. The number of unbranched alkanes of at least 4 members (excludes halogenated alkanes) is 3. The fourth-order valence-corrected chi connectivity index (χ4v) is 3.04. The molecule has 1 saturated heterocycles. The Bertz CT molecular complexity index is 472. The lowest BCUT2D eigenvalue weighted by molar-refractivity contribution is -0.130. The van der Waals surface area contributed by atoms with E-state index < -0.39 is 0 Å². The predicted molar refractivity (Wildman–Crippen MR) is 87.0 cm³/mol. The lowest BCUT2D eigenvalue weighted by Crippen LogP contribution is -2.31. The zero-order valence-corrected chi connectivity index (χ0v) is 13.6. The first-order chi connectivity index (χ1) is 10.2. The third-order valence-corrected chi connectivity index (χ3v) is 4.27. The number of hydrogen-bond donors (Lipinski definition) is 1. The maximum absolute atomic E-state index is 12.5. The van der Waals surface area contributed by atoms with E-state index in [0.717, 1.165) is 19.4 Å². The van der Waals surface area contributed by atoms with E-state index in [9.17, 15) is 4.79 Å². The van der Waals surface area contributed by atoms with Crippen molar-refractivity contribution in [3.8, 4) is 0 Å². The van der Waals surface area contributed by atoms with Crippen LogP contribution < -0.4 is 5.32 Å². The molecule has 21 heavy (non-hydrogen) atoms. The van der Waals surface area contributed by atoms with Crippen LogP contribution in [0.2, 0.25) is 0 Å². The second kappa shape index (κ2) is 7.60. The number of rotatable bonds is 7. The molecule has 1 aromatic carbocycles. The number of aryl methyl sites for hydroxylation is 1. The van der Waals surface area contributed by atoms with Crippen molar-refractivity contribution >= 4 is 5.91 Å². The SMILES string of the molecule is CCCCCCN1C(=O)C(CC)NC1c1cccc(C)c1. The summed E-state index contributed by atoms with van der Waals surface area (Å²) < 4.78 is 0. The van der Waals surface area contributed by atoms with Crippen LogP contribution >= 0.6 is 0 Å². The molecule has 1 amide bonds. The minimum absolute atomic E-state index is 0.0262. The largest absolute Gasteiger partial charge is 0.322 e. The average molecular weight is 288 g/mol.